The van der Waals surface area contributed by atoms with E-state index in [4.69, 9.17) is 0 Å². The number of benzene rings is 1. The van der Waals surface area contributed by atoms with Crippen molar-refractivity contribution in [2.75, 3.05) is 0 Å². The van der Waals surface area contributed by atoms with Crippen LogP contribution >= 0.6 is 0 Å². The fourth-order valence-corrected chi connectivity index (χ4v) is 5.97. The van der Waals surface area contributed by atoms with Crippen LogP contribution in [0.15, 0.2) is 30.5 Å². The topological polar surface area (TPSA) is 56.3 Å². The fourth-order valence-electron chi connectivity index (χ4n) is 5.97. The summed E-state index contributed by atoms with van der Waals surface area (Å²) in [6, 6.07) is 8.81. The fraction of sp³-hybridized carbons (Fsp3) is 0.571. The van der Waals surface area contributed by atoms with Crippen LogP contribution in [0.3, 0.4) is 0 Å². The van der Waals surface area contributed by atoms with Gasteiger partial charge in [0.2, 0.25) is 5.91 Å². The Hall–Kier alpha value is -1.81. The number of para-hydroxylation sites is 1. The normalized spacial score (nSPS) is 34.6. The molecule has 25 heavy (non-hydrogen) atoms. The number of carbonyl (C=O) groups excluding carboxylic acids is 1. The van der Waals surface area contributed by atoms with E-state index in [1.807, 2.05) is 6.07 Å². The van der Waals surface area contributed by atoms with Crippen molar-refractivity contribution >= 4 is 16.8 Å². The Morgan fingerprint density at radius 2 is 2.00 bits per heavy atom. The molecule has 4 bridgehead atoms. The molecule has 3 heterocycles. The molecule has 0 radical (unpaired) electrons. The largest absolute Gasteiger partial charge is 0.390 e. The van der Waals surface area contributed by atoms with Crippen molar-refractivity contribution in [3.05, 3.63) is 36.0 Å². The molecule has 2 saturated carbocycles. The Balaban J connectivity index is 1.35. The molecule has 3 atom stereocenters. The molecule has 4 heteroatoms. The van der Waals surface area contributed by atoms with Crippen LogP contribution in [0.25, 0.3) is 10.9 Å². The van der Waals surface area contributed by atoms with Gasteiger partial charge >= 0.3 is 0 Å². The standard InChI is InChI=1S/C21H26N2O2/c1-13(18-12-22-19-5-3-2-4-17(18)19)6-20(24)23-15-7-14-8-16(23)11-21(25,9-14)10-15/h2-5,12-16,22,25H,6-11H2,1H3/t13-,14?,15?,16?,21?/m1/s1. The van der Waals surface area contributed by atoms with Crippen LogP contribution < -0.4 is 0 Å². The van der Waals surface area contributed by atoms with Gasteiger partial charge in [-0.3, -0.25) is 4.79 Å². The van der Waals surface area contributed by atoms with Crippen molar-refractivity contribution in [1.82, 2.24) is 9.88 Å². The van der Waals surface area contributed by atoms with Crippen LogP contribution in [0.4, 0.5) is 0 Å². The number of rotatable bonds is 3. The third-order valence-electron chi connectivity index (χ3n) is 6.82. The van der Waals surface area contributed by atoms with Crippen LogP contribution in [-0.4, -0.2) is 38.6 Å². The summed E-state index contributed by atoms with van der Waals surface area (Å²) in [4.78, 5) is 18.6. The number of carbonyl (C=O) groups is 1. The van der Waals surface area contributed by atoms with Crippen molar-refractivity contribution in [3.8, 4) is 0 Å². The van der Waals surface area contributed by atoms with Crippen molar-refractivity contribution in [2.45, 2.75) is 69.1 Å². The second-order valence-corrected chi connectivity index (χ2v) is 8.68. The Morgan fingerprint density at radius 3 is 2.72 bits per heavy atom. The molecule has 2 saturated heterocycles. The lowest BCUT2D eigenvalue weighted by Crippen LogP contribution is -2.65. The van der Waals surface area contributed by atoms with Gasteiger partial charge < -0.3 is 15.0 Å². The van der Waals surface area contributed by atoms with Gasteiger partial charge in [-0.05, 0) is 55.6 Å². The van der Waals surface area contributed by atoms with Gasteiger partial charge in [0.1, 0.15) is 0 Å². The lowest BCUT2D eigenvalue weighted by molar-refractivity contribution is -0.174. The zero-order chi connectivity index (χ0) is 17.2. The molecule has 1 aromatic carbocycles. The maximum atomic E-state index is 13.1. The van der Waals surface area contributed by atoms with Crippen molar-refractivity contribution in [1.29, 1.82) is 0 Å². The van der Waals surface area contributed by atoms with Gasteiger partial charge in [0, 0.05) is 35.6 Å². The van der Waals surface area contributed by atoms with Crippen LogP contribution in [0, 0.1) is 5.92 Å². The van der Waals surface area contributed by atoms with E-state index >= 15 is 0 Å². The number of piperidine rings is 2. The van der Waals surface area contributed by atoms with Crippen LogP contribution in [0.2, 0.25) is 0 Å². The Morgan fingerprint density at radius 1 is 1.28 bits per heavy atom. The van der Waals surface area contributed by atoms with E-state index in [-0.39, 0.29) is 23.9 Å². The minimum atomic E-state index is -0.490. The van der Waals surface area contributed by atoms with Crippen molar-refractivity contribution in [2.24, 2.45) is 5.92 Å². The van der Waals surface area contributed by atoms with E-state index in [2.05, 4.69) is 41.2 Å². The first-order chi connectivity index (χ1) is 12.0. The van der Waals surface area contributed by atoms with E-state index in [1.54, 1.807) is 0 Å². The van der Waals surface area contributed by atoms with Gasteiger partial charge in [0.15, 0.2) is 0 Å². The highest BCUT2D eigenvalue weighted by atomic mass is 16.3. The number of H-pyrrole nitrogens is 1. The first-order valence-electron chi connectivity index (χ1n) is 9.62. The molecule has 4 fully saturated rings. The monoisotopic (exact) mass is 338 g/mol. The zero-order valence-corrected chi connectivity index (χ0v) is 14.7. The number of nitrogens with one attached hydrogen (secondary N) is 1. The summed E-state index contributed by atoms with van der Waals surface area (Å²) in [6.07, 6.45) is 7.31. The molecule has 2 aliphatic carbocycles. The molecular weight excluding hydrogens is 312 g/mol. The predicted molar refractivity (Wildman–Crippen MR) is 97.3 cm³/mol. The second kappa shape index (κ2) is 5.34. The number of amides is 1. The van der Waals surface area contributed by atoms with Gasteiger partial charge in [-0.25, -0.2) is 0 Å². The summed E-state index contributed by atoms with van der Waals surface area (Å²) in [6.45, 7) is 2.15. The van der Waals surface area contributed by atoms with Gasteiger partial charge in [-0.15, -0.1) is 0 Å². The predicted octanol–water partition coefficient (Wildman–Crippen LogP) is 3.57. The molecule has 2 aliphatic heterocycles. The van der Waals surface area contributed by atoms with Crippen LogP contribution in [-0.2, 0) is 4.79 Å². The molecule has 2 aromatic rings. The maximum Gasteiger partial charge on any atom is 0.223 e. The number of aromatic amines is 1. The Kier molecular flexibility index (Phi) is 3.30. The molecule has 6 rings (SSSR count). The van der Waals surface area contributed by atoms with E-state index in [0.29, 0.717) is 12.3 Å². The minimum absolute atomic E-state index is 0.198. The number of fused-ring (bicyclic) bond motifs is 1. The lowest BCUT2D eigenvalue weighted by atomic mass is 9.61. The van der Waals surface area contributed by atoms with E-state index < -0.39 is 5.60 Å². The summed E-state index contributed by atoms with van der Waals surface area (Å²) < 4.78 is 0. The number of aliphatic hydroxyl groups is 1. The Labute approximate surface area is 148 Å². The average Bonchev–Trinajstić information content (AvgIpc) is 2.96. The molecule has 132 valence electrons. The highest BCUT2D eigenvalue weighted by Crippen LogP contribution is 2.51. The lowest BCUT2D eigenvalue weighted by Gasteiger charge is -2.59. The highest BCUT2D eigenvalue weighted by molar-refractivity contribution is 5.85. The number of nitrogens with zero attached hydrogens (tertiary/aromatic N) is 1. The first kappa shape index (κ1) is 15.4. The van der Waals surface area contributed by atoms with Gasteiger partial charge in [-0.1, -0.05) is 25.1 Å². The third-order valence-corrected chi connectivity index (χ3v) is 6.82. The van der Waals surface area contributed by atoms with Gasteiger partial charge in [0.05, 0.1) is 5.60 Å². The van der Waals surface area contributed by atoms with Crippen molar-refractivity contribution in [3.63, 3.8) is 0 Å². The summed E-state index contributed by atoms with van der Waals surface area (Å²) >= 11 is 0. The highest BCUT2D eigenvalue weighted by Gasteiger charge is 2.54. The quantitative estimate of drug-likeness (QED) is 0.899. The summed E-state index contributed by atoms with van der Waals surface area (Å²) in [5.74, 6) is 1.09. The summed E-state index contributed by atoms with van der Waals surface area (Å²) in [5, 5.41) is 11.9. The van der Waals surface area contributed by atoms with Crippen molar-refractivity contribution < 1.29 is 9.90 Å². The molecule has 2 unspecified atom stereocenters. The molecule has 0 spiro atoms. The molecular formula is C21H26N2O2. The summed E-state index contributed by atoms with van der Waals surface area (Å²) in [7, 11) is 0. The van der Waals surface area contributed by atoms with Gasteiger partial charge in [0.25, 0.3) is 0 Å². The van der Waals surface area contributed by atoms with Crippen LogP contribution in [0.1, 0.15) is 56.9 Å². The smallest absolute Gasteiger partial charge is 0.223 e. The average molecular weight is 338 g/mol. The molecule has 1 aromatic heterocycles. The number of aromatic nitrogens is 1. The third kappa shape index (κ3) is 2.42. The molecule has 2 N–H and O–H groups in total. The number of hydrogen-bond donors (Lipinski definition) is 2. The Bertz CT molecular complexity index is 810. The zero-order valence-electron chi connectivity index (χ0n) is 14.7. The van der Waals surface area contributed by atoms with Gasteiger partial charge in [-0.2, -0.15) is 0 Å². The first-order valence-corrected chi connectivity index (χ1v) is 9.62. The SMILES string of the molecule is C[C@H](CC(=O)N1C2CC3CC1CC(O)(C3)C2)c1c[nH]c2ccccc12. The molecule has 4 aliphatic rings. The number of hydrogen-bond acceptors (Lipinski definition) is 2. The van der Waals surface area contributed by atoms with E-state index in [1.165, 1.54) is 10.9 Å². The van der Waals surface area contributed by atoms with Crippen LogP contribution in [0.5, 0.6) is 0 Å². The molecule has 4 nitrogen and oxygen atoms in total. The summed E-state index contributed by atoms with van der Waals surface area (Å²) in [5.41, 5.74) is 1.87. The maximum absolute atomic E-state index is 13.1. The van der Waals surface area contributed by atoms with E-state index in [9.17, 15) is 9.90 Å². The molecule has 1 amide bonds. The second-order valence-electron chi connectivity index (χ2n) is 8.68. The minimum Gasteiger partial charge on any atom is -0.390 e. The van der Waals surface area contributed by atoms with E-state index in [0.717, 1.165) is 37.6 Å².